The first-order chi connectivity index (χ1) is 15.2. The standard InChI is InChI=1S/C25H24N2O4/c28-24(27(21-13-6-2-7-14-21)31-22-15-8-3-9-16-22)23-17-10-18-26(23)25(29)30-19-20-11-4-1-5-12-20/h1-9,11-16,23H,10,17-19H2. The molecule has 0 saturated carbocycles. The van der Waals surface area contributed by atoms with Crippen molar-refractivity contribution in [3.63, 3.8) is 0 Å². The fraction of sp³-hybridized carbons (Fsp3) is 0.200. The van der Waals surface area contributed by atoms with Crippen LogP contribution in [0.5, 0.6) is 5.75 Å². The lowest BCUT2D eigenvalue weighted by atomic mass is 10.2. The summed E-state index contributed by atoms with van der Waals surface area (Å²) >= 11 is 0. The number of likely N-dealkylation sites (tertiary alicyclic amines) is 1. The molecule has 1 fully saturated rings. The first kappa shape index (κ1) is 20.5. The number of anilines is 1. The van der Waals surface area contributed by atoms with Gasteiger partial charge in [-0.05, 0) is 42.7 Å². The largest absolute Gasteiger partial charge is 0.445 e. The highest BCUT2D eigenvalue weighted by molar-refractivity contribution is 5.97. The first-order valence-corrected chi connectivity index (χ1v) is 10.3. The van der Waals surface area contributed by atoms with Crippen LogP contribution < -0.4 is 9.90 Å². The van der Waals surface area contributed by atoms with Gasteiger partial charge in [-0.15, -0.1) is 5.06 Å². The highest BCUT2D eigenvalue weighted by Crippen LogP contribution is 2.25. The van der Waals surface area contributed by atoms with Crippen molar-refractivity contribution < 1.29 is 19.2 Å². The second kappa shape index (κ2) is 9.80. The number of amides is 2. The van der Waals surface area contributed by atoms with Gasteiger partial charge in [0.25, 0.3) is 5.91 Å². The molecule has 0 radical (unpaired) electrons. The Labute approximate surface area is 181 Å². The van der Waals surface area contributed by atoms with Crippen LogP contribution in [0.4, 0.5) is 10.5 Å². The number of hydrogen-bond acceptors (Lipinski definition) is 4. The van der Waals surface area contributed by atoms with Gasteiger partial charge in [0.15, 0.2) is 5.75 Å². The Morgan fingerprint density at radius 2 is 1.48 bits per heavy atom. The number of benzene rings is 3. The minimum absolute atomic E-state index is 0.167. The smallest absolute Gasteiger partial charge is 0.410 e. The van der Waals surface area contributed by atoms with E-state index in [9.17, 15) is 9.59 Å². The molecule has 1 atom stereocenters. The third kappa shape index (κ3) is 5.04. The molecule has 31 heavy (non-hydrogen) atoms. The highest BCUT2D eigenvalue weighted by atomic mass is 16.7. The van der Waals surface area contributed by atoms with E-state index in [0.29, 0.717) is 24.4 Å². The average Bonchev–Trinajstić information content (AvgIpc) is 3.33. The lowest BCUT2D eigenvalue weighted by Gasteiger charge is -2.29. The van der Waals surface area contributed by atoms with Crippen LogP contribution in [0.2, 0.25) is 0 Å². The molecule has 0 spiro atoms. The zero-order chi connectivity index (χ0) is 21.5. The minimum Gasteiger partial charge on any atom is -0.445 e. The Kier molecular flexibility index (Phi) is 6.47. The van der Waals surface area contributed by atoms with Crippen LogP contribution in [0.3, 0.4) is 0 Å². The first-order valence-electron chi connectivity index (χ1n) is 10.3. The number of para-hydroxylation sites is 2. The summed E-state index contributed by atoms with van der Waals surface area (Å²) in [6.45, 7) is 0.637. The number of hydroxylamine groups is 1. The van der Waals surface area contributed by atoms with Gasteiger partial charge < -0.3 is 9.57 Å². The van der Waals surface area contributed by atoms with Gasteiger partial charge in [0.1, 0.15) is 12.6 Å². The summed E-state index contributed by atoms with van der Waals surface area (Å²) in [7, 11) is 0. The van der Waals surface area contributed by atoms with Crippen molar-refractivity contribution >= 4 is 17.7 Å². The monoisotopic (exact) mass is 416 g/mol. The van der Waals surface area contributed by atoms with Crippen molar-refractivity contribution in [2.75, 3.05) is 11.6 Å². The average molecular weight is 416 g/mol. The summed E-state index contributed by atoms with van der Waals surface area (Å²) in [5, 5.41) is 1.27. The topological polar surface area (TPSA) is 59.1 Å². The number of carbonyl (C=O) groups is 2. The molecule has 1 aliphatic rings. The Bertz CT molecular complexity index is 996. The number of hydrogen-bond donors (Lipinski definition) is 0. The molecule has 2 amide bonds. The fourth-order valence-electron chi connectivity index (χ4n) is 3.55. The molecule has 0 aliphatic carbocycles. The van der Waals surface area contributed by atoms with E-state index in [1.165, 1.54) is 9.96 Å². The van der Waals surface area contributed by atoms with Gasteiger partial charge in [0, 0.05) is 6.54 Å². The summed E-state index contributed by atoms with van der Waals surface area (Å²) in [5.41, 5.74) is 1.50. The van der Waals surface area contributed by atoms with Crippen LogP contribution in [-0.4, -0.2) is 29.5 Å². The Morgan fingerprint density at radius 3 is 2.16 bits per heavy atom. The molecule has 0 N–H and O–H groups in total. The molecule has 158 valence electrons. The second-order valence-electron chi connectivity index (χ2n) is 7.26. The molecule has 1 aliphatic heterocycles. The van der Waals surface area contributed by atoms with Crippen LogP contribution >= 0.6 is 0 Å². The van der Waals surface area contributed by atoms with E-state index in [2.05, 4.69) is 0 Å². The Morgan fingerprint density at radius 1 is 0.871 bits per heavy atom. The lowest BCUT2D eigenvalue weighted by Crippen LogP contribution is -2.49. The van der Waals surface area contributed by atoms with Crippen LogP contribution in [0.1, 0.15) is 18.4 Å². The van der Waals surface area contributed by atoms with E-state index < -0.39 is 12.1 Å². The van der Waals surface area contributed by atoms with Gasteiger partial charge in [0.2, 0.25) is 0 Å². The third-order valence-corrected chi connectivity index (χ3v) is 5.11. The van der Waals surface area contributed by atoms with E-state index in [1.54, 1.807) is 24.3 Å². The van der Waals surface area contributed by atoms with E-state index in [4.69, 9.17) is 9.57 Å². The second-order valence-corrected chi connectivity index (χ2v) is 7.26. The maximum atomic E-state index is 13.5. The zero-order valence-electron chi connectivity index (χ0n) is 17.1. The van der Waals surface area contributed by atoms with Gasteiger partial charge in [-0.1, -0.05) is 66.7 Å². The van der Waals surface area contributed by atoms with Crippen molar-refractivity contribution in [1.29, 1.82) is 0 Å². The quantitative estimate of drug-likeness (QED) is 0.541. The molecular weight excluding hydrogens is 392 g/mol. The normalized spacial score (nSPS) is 15.4. The number of rotatable bonds is 6. The summed E-state index contributed by atoms with van der Waals surface area (Å²) < 4.78 is 5.47. The molecule has 1 saturated heterocycles. The summed E-state index contributed by atoms with van der Waals surface area (Å²) in [6, 6.07) is 27.1. The number of carbonyl (C=O) groups excluding carboxylic acids is 2. The molecule has 3 aromatic rings. The predicted molar refractivity (Wildman–Crippen MR) is 117 cm³/mol. The SMILES string of the molecule is O=C(C1CCCN1C(=O)OCc1ccccc1)N(Oc1ccccc1)c1ccccc1. The molecule has 3 aromatic carbocycles. The maximum absolute atomic E-state index is 13.5. The van der Waals surface area contributed by atoms with Crippen LogP contribution in [-0.2, 0) is 16.1 Å². The predicted octanol–water partition coefficient (Wildman–Crippen LogP) is 4.81. The molecule has 6 nitrogen and oxygen atoms in total. The summed E-state index contributed by atoms with van der Waals surface area (Å²) in [5.74, 6) is 0.236. The van der Waals surface area contributed by atoms with E-state index in [0.717, 1.165) is 12.0 Å². The zero-order valence-corrected chi connectivity index (χ0v) is 17.1. The fourth-order valence-corrected chi connectivity index (χ4v) is 3.55. The molecule has 1 heterocycles. The van der Waals surface area contributed by atoms with Gasteiger partial charge in [0.05, 0.1) is 5.69 Å². The van der Waals surface area contributed by atoms with Gasteiger partial charge >= 0.3 is 6.09 Å². The number of nitrogens with zero attached hydrogens (tertiary/aromatic N) is 2. The van der Waals surface area contributed by atoms with Crippen molar-refractivity contribution in [2.45, 2.75) is 25.5 Å². The summed E-state index contributed by atoms with van der Waals surface area (Å²) in [4.78, 5) is 33.7. The van der Waals surface area contributed by atoms with Crippen molar-refractivity contribution in [3.05, 3.63) is 96.6 Å². The molecule has 6 heteroatoms. The molecule has 4 rings (SSSR count). The minimum atomic E-state index is -0.646. The van der Waals surface area contributed by atoms with Crippen molar-refractivity contribution in [1.82, 2.24) is 4.90 Å². The highest BCUT2D eigenvalue weighted by Gasteiger charge is 2.39. The van der Waals surface area contributed by atoms with Crippen molar-refractivity contribution in [3.8, 4) is 5.75 Å². The van der Waals surface area contributed by atoms with Crippen LogP contribution in [0.25, 0.3) is 0 Å². The van der Waals surface area contributed by atoms with E-state index in [-0.39, 0.29) is 12.5 Å². The molecular formula is C25H24N2O4. The van der Waals surface area contributed by atoms with Gasteiger partial charge in [-0.3, -0.25) is 9.69 Å². The Balaban J connectivity index is 1.50. The van der Waals surface area contributed by atoms with Gasteiger partial charge in [-0.25, -0.2) is 4.79 Å². The third-order valence-electron chi connectivity index (χ3n) is 5.11. The molecule has 0 aromatic heterocycles. The molecule has 1 unspecified atom stereocenters. The van der Waals surface area contributed by atoms with Crippen LogP contribution in [0, 0.1) is 0 Å². The van der Waals surface area contributed by atoms with Gasteiger partial charge in [-0.2, -0.15) is 0 Å². The van der Waals surface area contributed by atoms with E-state index in [1.807, 2.05) is 66.7 Å². The van der Waals surface area contributed by atoms with Crippen molar-refractivity contribution in [2.24, 2.45) is 0 Å². The Hall–Kier alpha value is -3.80. The number of ether oxygens (including phenoxy) is 1. The maximum Gasteiger partial charge on any atom is 0.410 e. The summed E-state index contributed by atoms with van der Waals surface area (Å²) in [6.07, 6.45) is 0.790. The molecule has 0 bridgehead atoms. The van der Waals surface area contributed by atoms with Crippen LogP contribution in [0.15, 0.2) is 91.0 Å². The lowest BCUT2D eigenvalue weighted by molar-refractivity contribution is -0.126. The van der Waals surface area contributed by atoms with E-state index >= 15 is 0 Å².